The van der Waals surface area contributed by atoms with Crippen molar-refractivity contribution in [2.75, 3.05) is 25.3 Å². The lowest BCUT2D eigenvalue weighted by Gasteiger charge is -2.35. The van der Waals surface area contributed by atoms with Gasteiger partial charge in [-0.25, -0.2) is 9.07 Å². The summed E-state index contributed by atoms with van der Waals surface area (Å²) in [5.74, 6) is 1.40. The van der Waals surface area contributed by atoms with Crippen LogP contribution in [0, 0.1) is 5.82 Å². The molecule has 2 aliphatic rings. The maximum absolute atomic E-state index is 13.6. The SMILES string of the molecule is COc1ccc(C2CC(=O)C3=C(C2)Nc2nc(N)nn2C3c2ccc(F)cc2)cc1OC. The Hall–Kier alpha value is -3.88. The van der Waals surface area contributed by atoms with E-state index in [-0.39, 0.29) is 23.5 Å². The molecule has 1 aliphatic heterocycles. The molecule has 2 unspecified atom stereocenters. The molecule has 8 nitrogen and oxygen atoms in total. The Bertz CT molecular complexity index is 1230. The lowest BCUT2D eigenvalue weighted by molar-refractivity contribution is -0.116. The number of hydrogen-bond acceptors (Lipinski definition) is 7. The summed E-state index contributed by atoms with van der Waals surface area (Å²) in [5.41, 5.74) is 8.95. The van der Waals surface area contributed by atoms with E-state index in [9.17, 15) is 9.18 Å². The largest absolute Gasteiger partial charge is 0.493 e. The molecule has 1 aromatic heterocycles. The number of Topliss-reactive ketones (excluding diaryl/α,β-unsaturated/α-hetero) is 1. The normalized spacial score (nSPS) is 19.8. The first-order valence-electron chi connectivity index (χ1n) is 10.2. The van der Waals surface area contributed by atoms with Crippen molar-refractivity contribution >= 4 is 17.7 Å². The number of ether oxygens (including phenoxy) is 2. The average Bonchev–Trinajstić information content (AvgIpc) is 3.17. The molecule has 0 fully saturated rings. The van der Waals surface area contributed by atoms with E-state index >= 15 is 0 Å². The Morgan fingerprint density at radius 3 is 2.50 bits per heavy atom. The van der Waals surface area contributed by atoms with E-state index in [4.69, 9.17) is 15.2 Å². The molecule has 3 aromatic rings. The summed E-state index contributed by atoms with van der Waals surface area (Å²) in [6, 6.07) is 11.2. The summed E-state index contributed by atoms with van der Waals surface area (Å²) in [5, 5.41) is 7.54. The van der Waals surface area contributed by atoms with E-state index in [1.54, 1.807) is 31.0 Å². The molecular weight excluding hydrogens is 413 g/mol. The van der Waals surface area contributed by atoms with Crippen molar-refractivity contribution in [2.45, 2.75) is 24.8 Å². The zero-order valence-corrected chi connectivity index (χ0v) is 17.6. The minimum Gasteiger partial charge on any atom is -0.493 e. The number of fused-ring (bicyclic) bond motifs is 1. The highest BCUT2D eigenvalue weighted by Crippen LogP contribution is 2.45. The third kappa shape index (κ3) is 3.26. The minimum absolute atomic E-state index is 0.00687. The van der Waals surface area contributed by atoms with Crippen LogP contribution in [0.2, 0.25) is 0 Å². The molecule has 9 heteroatoms. The number of carbonyl (C=O) groups is 1. The highest BCUT2D eigenvalue weighted by molar-refractivity contribution is 6.00. The number of anilines is 2. The first-order valence-corrected chi connectivity index (χ1v) is 10.2. The Morgan fingerprint density at radius 1 is 1.06 bits per heavy atom. The van der Waals surface area contributed by atoms with Gasteiger partial charge in [0.05, 0.1) is 14.2 Å². The number of nitrogens with zero attached hydrogens (tertiary/aromatic N) is 3. The number of allylic oxidation sites excluding steroid dienone is 2. The predicted molar refractivity (Wildman–Crippen MR) is 116 cm³/mol. The summed E-state index contributed by atoms with van der Waals surface area (Å²) in [7, 11) is 3.17. The van der Waals surface area contributed by atoms with Gasteiger partial charge in [0.25, 0.3) is 0 Å². The van der Waals surface area contributed by atoms with Crippen LogP contribution >= 0.6 is 0 Å². The number of aromatic nitrogens is 3. The number of benzene rings is 2. The number of hydrogen-bond donors (Lipinski definition) is 2. The molecule has 0 spiro atoms. The van der Waals surface area contributed by atoms with Gasteiger partial charge in [0, 0.05) is 17.7 Å². The van der Waals surface area contributed by atoms with Crippen LogP contribution in [-0.2, 0) is 4.79 Å². The number of nitrogen functional groups attached to an aromatic ring is 1. The molecule has 2 atom stereocenters. The van der Waals surface area contributed by atoms with Gasteiger partial charge >= 0.3 is 0 Å². The molecule has 5 rings (SSSR count). The second kappa shape index (κ2) is 7.67. The van der Waals surface area contributed by atoms with Crippen LogP contribution in [0.15, 0.2) is 53.7 Å². The minimum atomic E-state index is -0.523. The number of methoxy groups -OCH3 is 2. The Labute approximate surface area is 183 Å². The summed E-state index contributed by atoms with van der Waals surface area (Å²) in [6.07, 6.45) is 0.925. The van der Waals surface area contributed by atoms with Gasteiger partial charge in [-0.2, -0.15) is 4.98 Å². The van der Waals surface area contributed by atoms with E-state index in [1.165, 1.54) is 12.1 Å². The molecule has 1 aliphatic carbocycles. The molecule has 0 saturated carbocycles. The van der Waals surface area contributed by atoms with Crippen LogP contribution < -0.4 is 20.5 Å². The predicted octanol–water partition coefficient (Wildman–Crippen LogP) is 3.43. The number of rotatable bonds is 4. The first kappa shape index (κ1) is 20.0. The summed E-state index contributed by atoms with van der Waals surface area (Å²) in [6.45, 7) is 0. The van der Waals surface area contributed by atoms with Crippen LogP contribution in [0.5, 0.6) is 11.5 Å². The van der Waals surface area contributed by atoms with E-state index in [0.717, 1.165) is 16.8 Å². The average molecular weight is 435 g/mol. The van der Waals surface area contributed by atoms with Crippen LogP contribution in [0.3, 0.4) is 0 Å². The van der Waals surface area contributed by atoms with E-state index in [2.05, 4.69) is 15.4 Å². The van der Waals surface area contributed by atoms with Crippen molar-refractivity contribution in [3.05, 3.63) is 70.7 Å². The van der Waals surface area contributed by atoms with Gasteiger partial charge in [-0.3, -0.25) is 4.79 Å². The van der Waals surface area contributed by atoms with E-state index in [1.807, 2.05) is 18.2 Å². The summed E-state index contributed by atoms with van der Waals surface area (Å²) >= 11 is 0. The van der Waals surface area contributed by atoms with Gasteiger partial charge in [-0.15, -0.1) is 5.10 Å². The second-order valence-electron chi connectivity index (χ2n) is 7.85. The summed E-state index contributed by atoms with van der Waals surface area (Å²) < 4.78 is 25.9. The molecular formula is C23H22FN5O3. The molecule has 2 heterocycles. The summed E-state index contributed by atoms with van der Waals surface area (Å²) in [4.78, 5) is 17.7. The van der Waals surface area contributed by atoms with Crippen molar-refractivity contribution in [1.29, 1.82) is 0 Å². The molecule has 0 amide bonds. The fourth-order valence-corrected chi connectivity index (χ4v) is 4.52. The lowest BCUT2D eigenvalue weighted by Crippen LogP contribution is -2.33. The van der Waals surface area contributed by atoms with E-state index in [0.29, 0.717) is 35.9 Å². The first-order chi connectivity index (χ1) is 15.5. The third-order valence-electron chi connectivity index (χ3n) is 6.00. The highest BCUT2D eigenvalue weighted by Gasteiger charge is 2.39. The van der Waals surface area contributed by atoms with Gasteiger partial charge in [0.1, 0.15) is 11.9 Å². The van der Waals surface area contributed by atoms with Crippen LogP contribution in [-0.4, -0.2) is 34.8 Å². The highest BCUT2D eigenvalue weighted by atomic mass is 19.1. The Balaban J connectivity index is 1.57. The number of nitrogens with one attached hydrogen (secondary N) is 1. The topological polar surface area (TPSA) is 104 Å². The standard InChI is InChI=1S/C23H22FN5O3/c1-31-18-8-5-13(11-19(18)32-2)14-9-16-20(17(30)10-14)21(12-3-6-15(24)7-4-12)29-23(26-16)27-22(25)28-29/h3-8,11,14,21H,9-10H2,1-2H3,(H3,25,26,27,28). The molecule has 0 bridgehead atoms. The smallest absolute Gasteiger partial charge is 0.241 e. The van der Waals surface area contributed by atoms with Crippen LogP contribution in [0.4, 0.5) is 16.3 Å². The quantitative estimate of drug-likeness (QED) is 0.647. The van der Waals surface area contributed by atoms with Crippen molar-refractivity contribution in [2.24, 2.45) is 0 Å². The number of carbonyl (C=O) groups excluding carboxylic acids is 1. The number of nitrogens with two attached hydrogens (primary N) is 1. The lowest BCUT2D eigenvalue weighted by atomic mass is 9.78. The Kier molecular flexibility index (Phi) is 4.80. The molecule has 0 radical (unpaired) electrons. The fourth-order valence-electron chi connectivity index (χ4n) is 4.52. The molecule has 0 saturated heterocycles. The monoisotopic (exact) mass is 435 g/mol. The van der Waals surface area contributed by atoms with Crippen molar-refractivity contribution < 1.29 is 18.7 Å². The molecule has 32 heavy (non-hydrogen) atoms. The van der Waals surface area contributed by atoms with Crippen molar-refractivity contribution in [3.63, 3.8) is 0 Å². The third-order valence-corrected chi connectivity index (χ3v) is 6.00. The van der Waals surface area contributed by atoms with Gasteiger partial charge in [0.15, 0.2) is 17.3 Å². The van der Waals surface area contributed by atoms with Gasteiger partial charge < -0.3 is 20.5 Å². The zero-order valence-electron chi connectivity index (χ0n) is 17.6. The van der Waals surface area contributed by atoms with Crippen molar-refractivity contribution in [3.8, 4) is 11.5 Å². The second-order valence-corrected chi connectivity index (χ2v) is 7.85. The number of ketones is 1. The van der Waals surface area contributed by atoms with Gasteiger partial charge in [0.2, 0.25) is 11.9 Å². The molecule has 164 valence electrons. The molecule has 3 N–H and O–H groups in total. The van der Waals surface area contributed by atoms with Crippen molar-refractivity contribution in [1.82, 2.24) is 14.8 Å². The van der Waals surface area contributed by atoms with E-state index < -0.39 is 6.04 Å². The van der Waals surface area contributed by atoms with Crippen LogP contribution in [0.1, 0.15) is 35.9 Å². The fraction of sp³-hybridized carbons (Fsp3) is 0.261. The maximum atomic E-state index is 13.6. The Morgan fingerprint density at radius 2 is 1.78 bits per heavy atom. The van der Waals surface area contributed by atoms with Gasteiger partial charge in [-0.1, -0.05) is 18.2 Å². The maximum Gasteiger partial charge on any atom is 0.241 e. The zero-order chi connectivity index (χ0) is 22.4. The van der Waals surface area contributed by atoms with Gasteiger partial charge in [-0.05, 0) is 47.7 Å². The molecule has 2 aromatic carbocycles. The van der Waals surface area contributed by atoms with Crippen LogP contribution in [0.25, 0.3) is 0 Å². The number of halogens is 1.